The van der Waals surface area contributed by atoms with Crippen LogP contribution in [0, 0.1) is 0 Å². The molecule has 1 aromatic carbocycles. The molecule has 17 heavy (non-hydrogen) atoms. The van der Waals surface area contributed by atoms with Gasteiger partial charge in [0.15, 0.2) is 6.29 Å². The zero-order valence-electron chi connectivity index (χ0n) is 9.19. The largest absolute Gasteiger partial charge is 0.378 e. The molecule has 2 rings (SSSR count). The molecule has 1 aromatic rings. The number of carbonyl (C=O) groups excluding carboxylic acids is 2. The first kappa shape index (κ1) is 12.1. The van der Waals surface area contributed by atoms with Gasteiger partial charge < -0.3 is 9.64 Å². The fraction of sp³-hybridized carbons (Fsp3) is 0.333. The Balaban J connectivity index is 2.26. The molecule has 0 N–H and O–H groups in total. The molecule has 4 nitrogen and oxygen atoms in total. The number of carbonyl (C=O) groups is 2. The number of amides is 1. The fourth-order valence-electron chi connectivity index (χ4n) is 1.76. The Labute approximate surface area is 104 Å². The summed E-state index contributed by atoms with van der Waals surface area (Å²) >= 11 is 5.78. The maximum Gasteiger partial charge on any atom is 0.254 e. The van der Waals surface area contributed by atoms with Crippen molar-refractivity contribution in [1.29, 1.82) is 0 Å². The van der Waals surface area contributed by atoms with Crippen LogP contribution in [0.5, 0.6) is 0 Å². The summed E-state index contributed by atoms with van der Waals surface area (Å²) in [6, 6.07) is 4.70. The Hall–Kier alpha value is -1.39. The molecule has 0 radical (unpaired) electrons. The maximum absolute atomic E-state index is 12.2. The van der Waals surface area contributed by atoms with Gasteiger partial charge >= 0.3 is 0 Å². The number of hydrogen-bond donors (Lipinski definition) is 0. The standard InChI is InChI=1S/C12H12ClNO3/c13-10-1-2-11(9(7-10)8-15)12(16)14-3-5-17-6-4-14/h1-2,7-8H,3-6H2. The van der Waals surface area contributed by atoms with Crippen LogP contribution in [-0.2, 0) is 4.74 Å². The van der Waals surface area contributed by atoms with Crippen LogP contribution in [0.15, 0.2) is 18.2 Å². The average Bonchev–Trinajstić information content (AvgIpc) is 2.39. The van der Waals surface area contributed by atoms with Crippen LogP contribution in [-0.4, -0.2) is 43.4 Å². The highest BCUT2D eigenvalue weighted by atomic mass is 35.5. The number of benzene rings is 1. The zero-order valence-corrected chi connectivity index (χ0v) is 9.94. The molecule has 1 heterocycles. The van der Waals surface area contributed by atoms with Crippen molar-refractivity contribution < 1.29 is 14.3 Å². The van der Waals surface area contributed by atoms with Gasteiger partial charge in [-0.1, -0.05) is 11.6 Å². The third-order valence-corrected chi connectivity index (χ3v) is 2.90. The van der Waals surface area contributed by atoms with Crippen molar-refractivity contribution in [3.63, 3.8) is 0 Å². The third kappa shape index (κ3) is 2.65. The van der Waals surface area contributed by atoms with E-state index in [1.807, 2.05) is 0 Å². The highest BCUT2D eigenvalue weighted by Crippen LogP contribution is 2.17. The molecule has 1 saturated heterocycles. The molecule has 0 bridgehead atoms. The monoisotopic (exact) mass is 253 g/mol. The van der Waals surface area contributed by atoms with Crippen LogP contribution in [0.3, 0.4) is 0 Å². The van der Waals surface area contributed by atoms with Gasteiger partial charge in [-0.2, -0.15) is 0 Å². The van der Waals surface area contributed by atoms with E-state index in [4.69, 9.17) is 16.3 Å². The van der Waals surface area contributed by atoms with Crippen molar-refractivity contribution in [2.45, 2.75) is 0 Å². The summed E-state index contributed by atoms with van der Waals surface area (Å²) in [5, 5.41) is 0.450. The Morgan fingerprint density at radius 2 is 2.06 bits per heavy atom. The first-order valence-corrected chi connectivity index (χ1v) is 5.72. The maximum atomic E-state index is 12.2. The summed E-state index contributed by atoms with van der Waals surface area (Å²) in [7, 11) is 0. The number of hydrogen-bond acceptors (Lipinski definition) is 3. The summed E-state index contributed by atoms with van der Waals surface area (Å²) in [4.78, 5) is 24.8. The van der Waals surface area contributed by atoms with Crippen LogP contribution in [0.4, 0.5) is 0 Å². The van der Waals surface area contributed by atoms with E-state index < -0.39 is 0 Å². The molecule has 1 fully saturated rings. The van der Waals surface area contributed by atoms with Gasteiger partial charge in [0.05, 0.1) is 18.8 Å². The van der Waals surface area contributed by atoms with Crippen LogP contribution >= 0.6 is 11.6 Å². The van der Waals surface area contributed by atoms with Crippen LogP contribution in [0.2, 0.25) is 5.02 Å². The number of rotatable bonds is 2. The smallest absolute Gasteiger partial charge is 0.254 e. The van der Waals surface area contributed by atoms with E-state index >= 15 is 0 Å². The summed E-state index contributed by atoms with van der Waals surface area (Å²) in [5.41, 5.74) is 0.722. The number of aldehydes is 1. The fourth-order valence-corrected chi connectivity index (χ4v) is 1.94. The molecule has 0 aromatic heterocycles. The minimum absolute atomic E-state index is 0.146. The first-order valence-electron chi connectivity index (χ1n) is 5.34. The molecule has 0 saturated carbocycles. The van der Waals surface area contributed by atoms with Gasteiger partial charge in [-0.25, -0.2) is 0 Å². The topological polar surface area (TPSA) is 46.6 Å². The lowest BCUT2D eigenvalue weighted by Gasteiger charge is -2.27. The van der Waals surface area contributed by atoms with E-state index in [2.05, 4.69) is 0 Å². The van der Waals surface area contributed by atoms with Crippen molar-refractivity contribution in [1.82, 2.24) is 4.90 Å². The molecule has 1 aliphatic rings. The molecule has 5 heteroatoms. The van der Waals surface area contributed by atoms with Crippen molar-refractivity contribution in [2.75, 3.05) is 26.3 Å². The molecule has 0 atom stereocenters. The van der Waals surface area contributed by atoms with E-state index in [1.165, 1.54) is 6.07 Å². The van der Waals surface area contributed by atoms with Crippen molar-refractivity contribution >= 4 is 23.8 Å². The van der Waals surface area contributed by atoms with E-state index in [0.717, 1.165) is 0 Å². The predicted octanol–water partition coefficient (Wildman–Crippen LogP) is 1.62. The Kier molecular flexibility index (Phi) is 3.76. The van der Waals surface area contributed by atoms with Gasteiger partial charge in [-0.15, -0.1) is 0 Å². The average molecular weight is 254 g/mol. The summed E-state index contributed by atoms with van der Waals surface area (Å²) in [5.74, 6) is -0.146. The molecule has 0 spiro atoms. The van der Waals surface area contributed by atoms with Crippen LogP contribution in [0.25, 0.3) is 0 Å². The van der Waals surface area contributed by atoms with Gasteiger partial charge in [0.2, 0.25) is 0 Å². The molecule has 0 aliphatic carbocycles. The molecule has 1 aliphatic heterocycles. The van der Waals surface area contributed by atoms with E-state index in [9.17, 15) is 9.59 Å². The highest BCUT2D eigenvalue weighted by Gasteiger charge is 2.20. The Bertz CT molecular complexity index is 441. The van der Waals surface area contributed by atoms with Gasteiger partial charge in [0.1, 0.15) is 0 Å². The molecular formula is C12H12ClNO3. The summed E-state index contributed by atoms with van der Waals surface area (Å²) < 4.78 is 5.18. The quantitative estimate of drug-likeness (QED) is 0.753. The van der Waals surface area contributed by atoms with Crippen molar-refractivity contribution in [3.8, 4) is 0 Å². The van der Waals surface area contributed by atoms with Crippen molar-refractivity contribution in [2.24, 2.45) is 0 Å². The molecule has 1 amide bonds. The Morgan fingerprint density at radius 3 is 2.71 bits per heavy atom. The normalized spacial score (nSPS) is 15.7. The second-order valence-corrected chi connectivity index (χ2v) is 4.19. The summed E-state index contributed by atoms with van der Waals surface area (Å²) in [6.45, 7) is 2.19. The Morgan fingerprint density at radius 1 is 1.35 bits per heavy atom. The van der Waals surface area contributed by atoms with E-state index in [1.54, 1.807) is 17.0 Å². The van der Waals surface area contributed by atoms with Crippen LogP contribution < -0.4 is 0 Å². The summed E-state index contributed by atoms with van der Waals surface area (Å²) in [6.07, 6.45) is 0.652. The van der Waals surface area contributed by atoms with E-state index in [-0.39, 0.29) is 5.91 Å². The van der Waals surface area contributed by atoms with Gasteiger partial charge in [0.25, 0.3) is 5.91 Å². The SMILES string of the molecule is O=Cc1cc(Cl)ccc1C(=O)N1CCOCC1. The van der Waals surface area contributed by atoms with Gasteiger partial charge in [0, 0.05) is 23.7 Å². The van der Waals surface area contributed by atoms with Crippen molar-refractivity contribution in [3.05, 3.63) is 34.3 Å². The molecule has 90 valence electrons. The third-order valence-electron chi connectivity index (χ3n) is 2.67. The lowest BCUT2D eigenvalue weighted by Crippen LogP contribution is -2.41. The minimum atomic E-state index is -0.146. The van der Waals surface area contributed by atoms with E-state index in [0.29, 0.717) is 48.7 Å². The van der Waals surface area contributed by atoms with Gasteiger partial charge in [-0.05, 0) is 18.2 Å². The predicted molar refractivity (Wildman–Crippen MR) is 63.6 cm³/mol. The molecular weight excluding hydrogens is 242 g/mol. The lowest BCUT2D eigenvalue weighted by atomic mass is 10.1. The minimum Gasteiger partial charge on any atom is -0.378 e. The second kappa shape index (κ2) is 5.29. The van der Waals surface area contributed by atoms with Gasteiger partial charge in [-0.3, -0.25) is 9.59 Å². The van der Waals surface area contributed by atoms with Crippen LogP contribution in [0.1, 0.15) is 20.7 Å². The second-order valence-electron chi connectivity index (χ2n) is 3.75. The zero-order chi connectivity index (χ0) is 12.3. The number of morpholine rings is 1. The highest BCUT2D eigenvalue weighted by molar-refractivity contribution is 6.31. The lowest BCUT2D eigenvalue weighted by molar-refractivity contribution is 0.0302. The number of halogens is 1. The number of nitrogens with zero attached hydrogens (tertiary/aromatic N) is 1. The molecule has 0 unspecified atom stereocenters. The number of ether oxygens (including phenoxy) is 1. The first-order chi connectivity index (χ1) is 8.22.